The van der Waals surface area contributed by atoms with Crippen LogP contribution in [0.5, 0.6) is 0 Å². The summed E-state index contributed by atoms with van der Waals surface area (Å²) in [5, 5.41) is 11.9. The lowest BCUT2D eigenvalue weighted by Crippen LogP contribution is -2.57. The average Bonchev–Trinajstić information content (AvgIpc) is 3.67. The lowest BCUT2D eigenvalue weighted by atomic mass is 9.57. The number of ether oxygens (including phenoxy) is 5. The molecule has 1 spiro atoms. The maximum absolute atomic E-state index is 13.7. The predicted octanol–water partition coefficient (Wildman–Crippen LogP) is 5.07. The van der Waals surface area contributed by atoms with Crippen LogP contribution < -0.4 is 0 Å². The molecule has 1 N–H and O–H groups in total. The molecule has 5 aliphatic rings. The van der Waals surface area contributed by atoms with Gasteiger partial charge in [0.25, 0.3) is 0 Å². The first-order valence-electron chi connectivity index (χ1n) is 16.8. The molecule has 4 bridgehead atoms. The van der Waals surface area contributed by atoms with Crippen LogP contribution in [0, 0.1) is 29.6 Å². The Bertz CT molecular complexity index is 1500. The molecule has 2 fully saturated rings. The number of allylic oxidation sites excluding steroid dienone is 3. The van der Waals surface area contributed by atoms with E-state index in [4.69, 9.17) is 23.7 Å². The molecule has 1 aromatic rings. The molecule has 9 heteroatoms. The number of esters is 3. The Morgan fingerprint density at radius 2 is 1.87 bits per heavy atom. The van der Waals surface area contributed by atoms with Gasteiger partial charge in [-0.25, -0.2) is 14.4 Å². The largest absolute Gasteiger partial charge is 0.456 e. The van der Waals surface area contributed by atoms with Gasteiger partial charge in [-0.2, -0.15) is 0 Å². The van der Waals surface area contributed by atoms with Crippen molar-refractivity contribution < 1.29 is 43.2 Å². The first-order chi connectivity index (χ1) is 22.5. The summed E-state index contributed by atoms with van der Waals surface area (Å²) in [5.74, 6) is -3.10. The van der Waals surface area contributed by atoms with E-state index in [0.717, 1.165) is 17.6 Å². The van der Waals surface area contributed by atoms with E-state index in [0.29, 0.717) is 17.6 Å². The predicted molar refractivity (Wildman–Crippen MR) is 173 cm³/mol. The van der Waals surface area contributed by atoms with Crippen LogP contribution in [-0.4, -0.2) is 72.3 Å². The molecule has 1 saturated heterocycles. The van der Waals surface area contributed by atoms with E-state index < -0.39 is 66.1 Å². The summed E-state index contributed by atoms with van der Waals surface area (Å²) in [7, 11) is 1.47. The number of cyclic esters (lactones) is 1. The Morgan fingerprint density at radius 1 is 1.13 bits per heavy atom. The third-order valence-electron chi connectivity index (χ3n) is 11.0. The smallest absolute Gasteiger partial charge is 0.338 e. The maximum Gasteiger partial charge on any atom is 0.338 e. The van der Waals surface area contributed by atoms with Gasteiger partial charge in [0, 0.05) is 42.3 Å². The number of hydrogen-bond donors (Lipinski definition) is 1. The van der Waals surface area contributed by atoms with Crippen LogP contribution in [0.1, 0.15) is 63.4 Å². The Hall–Kier alpha value is -3.53. The number of methoxy groups -OCH3 is 1. The highest BCUT2D eigenvalue weighted by Crippen LogP contribution is 2.61. The third kappa shape index (κ3) is 5.80. The molecule has 2 heterocycles. The van der Waals surface area contributed by atoms with E-state index in [9.17, 15) is 19.5 Å². The minimum atomic E-state index is -0.985. The fourth-order valence-corrected chi connectivity index (χ4v) is 8.46. The molecule has 3 aliphatic carbocycles. The normalized spacial score (nSPS) is 39.2. The topological polar surface area (TPSA) is 118 Å². The Kier molecular flexibility index (Phi) is 9.35. The fourth-order valence-electron chi connectivity index (χ4n) is 8.46. The molecule has 0 radical (unpaired) electrons. The van der Waals surface area contributed by atoms with E-state index in [1.807, 2.05) is 58.1 Å². The number of aliphatic hydroxyl groups excluding tert-OH is 1. The van der Waals surface area contributed by atoms with Gasteiger partial charge in [0.2, 0.25) is 0 Å². The van der Waals surface area contributed by atoms with Crippen molar-refractivity contribution >= 4 is 17.9 Å². The number of aliphatic hydroxyl groups is 1. The molecule has 1 aromatic carbocycles. The summed E-state index contributed by atoms with van der Waals surface area (Å²) < 4.78 is 30.8. The van der Waals surface area contributed by atoms with Gasteiger partial charge in [-0.15, -0.1) is 0 Å². The number of benzene rings is 1. The number of aryl methyl sites for hydroxylation is 1. The third-order valence-corrected chi connectivity index (χ3v) is 11.0. The summed E-state index contributed by atoms with van der Waals surface area (Å²) in [5.41, 5.74) is 2.00. The molecule has 6 rings (SSSR count). The van der Waals surface area contributed by atoms with E-state index in [-0.39, 0.29) is 30.1 Å². The monoisotopic (exact) mass is 646 g/mol. The maximum atomic E-state index is 13.7. The zero-order valence-electron chi connectivity index (χ0n) is 28.0. The van der Waals surface area contributed by atoms with Crippen molar-refractivity contribution in [3.05, 3.63) is 83.0 Å². The quantitative estimate of drug-likeness (QED) is 0.246. The van der Waals surface area contributed by atoms with Gasteiger partial charge < -0.3 is 28.8 Å². The zero-order chi connectivity index (χ0) is 33.6. The highest BCUT2D eigenvalue weighted by Gasteiger charge is 2.69. The van der Waals surface area contributed by atoms with E-state index >= 15 is 0 Å². The van der Waals surface area contributed by atoms with Crippen molar-refractivity contribution in [2.75, 3.05) is 7.11 Å². The summed E-state index contributed by atoms with van der Waals surface area (Å²) in [6.07, 6.45) is 8.72. The molecule has 2 aliphatic heterocycles. The molecule has 12 atom stereocenters. The van der Waals surface area contributed by atoms with Crippen molar-refractivity contribution in [2.45, 2.75) is 96.1 Å². The van der Waals surface area contributed by atoms with Gasteiger partial charge in [0.05, 0.1) is 11.7 Å². The molecule has 252 valence electrons. The van der Waals surface area contributed by atoms with Crippen molar-refractivity contribution in [1.82, 2.24) is 0 Å². The van der Waals surface area contributed by atoms with Crippen LogP contribution in [0.2, 0.25) is 0 Å². The van der Waals surface area contributed by atoms with Crippen LogP contribution in [-0.2, 0) is 39.7 Å². The molecule has 47 heavy (non-hydrogen) atoms. The minimum absolute atomic E-state index is 0.199. The van der Waals surface area contributed by atoms with Crippen molar-refractivity contribution in [3.63, 3.8) is 0 Å². The highest BCUT2D eigenvalue weighted by molar-refractivity contribution is 5.90. The second kappa shape index (κ2) is 13.2. The molecular weight excluding hydrogens is 600 g/mol. The highest BCUT2D eigenvalue weighted by atomic mass is 16.6. The Balaban J connectivity index is 1.32. The summed E-state index contributed by atoms with van der Waals surface area (Å²) in [6.45, 7) is 9.58. The zero-order valence-corrected chi connectivity index (χ0v) is 28.0. The molecule has 1 saturated carbocycles. The summed E-state index contributed by atoms with van der Waals surface area (Å²) in [4.78, 5) is 39.9. The fraction of sp³-hybridized carbons (Fsp3) is 0.553. The van der Waals surface area contributed by atoms with Gasteiger partial charge in [0.15, 0.2) is 6.10 Å². The Labute approximate surface area is 276 Å². The first-order valence-corrected chi connectivity index (χ1v) is 16.8. The van der Waals surface area contributed by atoms with E-state index in [2.05, 4.69) is 12.2 Å². The van der Waals surface area contributed by atoms with Crippen molar-refractivity contribution in [1.29, 1.82) is 0 Å². The van der Waals surface area contributed by atoms with E-state index in [1.54, 1.807) is 25.1 Å². The van der Waals surface area contributed by atoms with E-state index in [1.165, 1.54) is 7.11 Å². The van der Waals surface area contributed by atoms with Gasteiger partial charge in [-0.3, -0.25) is 0 Å². The molecule has 9 nitrogen and oxygen atoms in total. The van der Waals surface area contributed by atoms with Crippen molar-refractivity contribution in [2.24, 2.45) is 29.6 Å². The number of carbonyl (C=O) groups is 3. The van der Waals surface area contributed by atoms with Gasteiger partial charge in [0.1, 0.15) is 30.0 Å². The summed E-state index contributed by atoms with van der Waals surface area (Å²) in [6, 6.07) is 7.27. The summed E-state index contributed by atoms with van der Waals surface area (Å²) >= 11 is 0. The minimum Gasteiger partial charge on any atom is -0.456 e. The van der Waals surface area contributed by atoms with Crippen LogP contribution in [0.3, 0.4) is 0 Å². The second-order valence-electron chi connectivity index (χ2n) is 13.7. The number of hydrogen-bond acceptors (Lipinski definition) is 9. The van der Waals surface area contributed by atoms with Crippen LogP contribution >= 0.6 is 0 Å². The van der Waals surface area contributed by atoms with Crippen LogP contribution in [0.25, 0.3) is 0 Å². The molecular formula is C38H46O9. The number of rotatable bonds is 7. The molecule has 1 unspecified atom stereocenters. The second-order valence-corrected chi connectivity index (χ2v) is 13.7. The number of carbonyl (C=O) groups excluding carboxylic acids is 3. The SMILES string of the molecule is CCc1ccc(C(=O)O[C@H](C)[C@H]2OC(=O)[C@@H](OC)CC3C=C[C@H]4[C@H]5O[C@]3(/C(C)=C/[C@H]2C)[C@@H]4[C@H](O)[C@@H](C)[C@H]5OC(=O)C2=CC=CC2)cc1. The van der Waals surface area contributed by atoms with Gasteiger partial charge >= 0.3 is 17.9 Å². The first kappa shape index (κ1) is 33.4. The van der Waals surface area contributed by atoms with Gasteiger partial charge in [-0.1, -0.05) is 69.4 Å². The lowest BCUT2D eigenvalue weighted by Gasteiger charge is -2.49. The average molecular weight is 647 g/mol. The van der Waals surface area contributed by atoms with Crippen LogP contribution in [0.15, 0.2) is 71.9 Å². The van der Waals surface area contributed by atoms with Crippen molar-refractivity contribution in [3.8, 4) is 0 Å². The molecule has 0 amide bonds. The lowest BCUT2D eigenvalue weighted by molar-refractivity contribution is -0.173. The standard InChI is InChI=1S/C38H46O9/c1-7-24-12-14-26(15-13-24)35(40)44-23(5)32-20(2)18-21(3)38-27(19-29(43-6)37(42)45-32)16-17-28-30(38)31(39)22(4)33(34(28)47-38)46-36(41)25-10-8-9-11-25/h8-10,12-18,20,22-23,27-34,39H,7,11,19H2,1-6H3/b21-18+/t20-,22-,23-,27?,28-,29+,30+,31-,32+,33-,34-,38+/m1/s1. The van der Waals surface area contributed by atoms with Gasteiger partial charge in [-0.05, 0) is 56.4 Å². The Morgan fingerprint density at radius 3 is 2.53 bits per heavy atom. The van der Waals surface area contributed by atoms with Crippen LogP contribution in [0.4, 0.5) is 0 Å². The molecule has 0 aromatic heterocycles.